The van der Waals surface area contributed by atoms with Gasteiger partial charge in [-0.25, -0.2) is 4.79 Å². The lowest BCUT2D eigenvalue weighted by Gasteiger charge is -2.10. The topological polar surface area (TPSA) is 56.2 Å². The molecular weight excluding hydrogens is 287 g/mol. The van der Waals surface area contributed by atoms with E-state index in [2.05, 4.69) is 15.2 Å². The van der Waals surface area contributed by atoms with E-state index in [-0.39, 0.29) is 0 Å². The maximum absolute atomic E-state index is 11.9. The van der Waals surface area contributed by atoms with Gasteiger partial charge in [-0.1, -0.05) is 12.1 Å². The molecule has 0 aliphatic rings. The molecule has 2 rings (SSSR count). The van der Waals surface area contributed by atoms with Gasteiger partial charge in [-0.05, 0) is 23.8 Å². The van der Waals surface area contributed by atoms with Crippen LogP contribution >= 0.6 is 0 Å². The number of aromatic nitrogens is 2. The van der Waals surface area contributed by atoms with Gasteiger partial charge in [0.2, 0.25) is 0 Å². The van der Waals surface area contributed by atoms with Crippen molar-refractivity contribution in [3.8, 4) is 0 Å². The van der Waals surface area contributed by atoms with Gasteiger partial charge in [0, 0.05) is 18.1 Å². The first kappa shape index (κ1) is 14.9. The largest absolute Gasteiger partial charge is 0.440 e. The molecular formula is C13H12F3N3O2. The number of carbonyl (C=O) groups is 1. The van der Waals surface area contributed by atoms with E-state index in [0.717, 1.165) is 5.56 Å². The molecule has 112 valence electrons. The van der Waals surface area contributed by atoms with Gasteiger partial charge in [0.1, 0.15) is 0 Å². The summed E-state index contributed by atoms with van der Waals surface area (Å²) in [5.41, 5.74) is 1.19. The van der Waals surface area contributed by atoms with Gasteiger partial charge in [-0.15, -0.1) is 0 Å². The van der Waals surface area contributed by atoms with Crippen LogP contribution in [-0.2, 0) is 11.3 Å². The molecule has 1 N–H and O–H groups in total. The van der Waals surface area contributed by atoms with E-state index < -0.39 is 18.9 Å². The van der Waals surface area contributed by atoms with Gasteiger partial charge < -0.3 is 4.74 Å². The number of ether oxygens (including phenoxy) is 1. The molecule has 1 heterocycles. The highest BCUT2D eigenvalue weighted by Gasteiger charge is 2.29. The second-order valence-electron chi connectivity index (χ2n) is 4.22. The lowest BCUT2D eigenvalue weighted by Crippen LogP contribution is -2.23. The Labute approximate surface area is 118 Å². The molecule has 0 spiro atoms. The Morgan fingerprint density at radius 3 is 2.81 bits per heavy atom. The molecule has 0 aliphatic carbocycles. The van der Waals surface area contributed by atoms with Crippen molar-refractivity contribution in [3.05, 3.63) is 48.3 Å². The zero-order valence-electron chi connectivity index (χ0n) is 10.8. The van der Waals surface area contributed by atoms with Gasteiger partial charge >= 0.3 is 12.3 Å². The summed E-state index contributed by atoms with van der Waals surface area (Å²) >= 11 is 0. The highest BCUT2D eigenvalue weighted by molar-refractivity contribution is 5.84. The summed E-state index contributed by atoms with van der Waals surface area (Å²) in [6.07, 6.45) is -2.28. The summed E-state index contributed by atoms with van der Waals surface area (Å²) in [5.74, 6) is 0. The summed E-state index contributed by atoms with van der Waals surface area (Å²) in [5, 5.41) is 6.28. The van der Waals surface area contributed by atoms with E-state index in [1.165, 1.54) is 0 Å². The van der Waals surface area contributed by atoms with Crippen LogP contribution in [0.4, 0.5) is 23.7 Å². The molecule has 0 atom stereocenters. The number of carbonyl (C=O) groups excluding carboxylic acids is 1. The fraction of sp³-hybridized carbons (Fsp3) is 0.231. The second kappa shape index (κ2) is 6.29. The molecule has 1 aromatic carbocycles. The van der Waals surface area contributed by atoms with E-state index >= 15 is 0 Å². The fourth-order valence-corrected chi connectivity index (χ4v) is 1.63. The van der Waals surface area contributed by atoms with Crippen molar-refractivity contribution < 1.29 is 22.7 Å². The van der Waals surface area contributed by atoms with Crippen molar-refractivity contribution in [1.82, 2.24) is 9.78 Å². The van der Waals surface area contributed by atoms with Crippen LogP contribution in [0.2, 0.25) is 0 Å². The summed E-state index contributed by atoms with van der Waals surface area (Å²) < 4.78 is 41.5. The van der Waals surface area contributed by atoms with E-state index in [4.69, 9.17) is 0 Å². The second-order valence-corrected chi connectivity index (χ2v) is 4.22. The Kier molecular flexibility index (Phi) is 4.46. The average Bonchev–Trinajstić information content (AvgIpc) is 2.89. The third-order valence-electron chi connectivity index (χ3n) is 2.44. The number of halogens is 3. The van der Waals surface area contributed by atoms with E-state index in [9.17, 15) is 18.0 Å². The van der Waals surface area contributed by atoms with E-state index in [1.807, 2.05) is 6.07 Å². The predicted octanol–water partition coefficient (Wildman–Crippen LogP) is 3.04. The Balaban J connectivity index is 1.93. The van der Waals surface area contributed by atoms with Gasteiger partial charge in [-0.2, -0.15) is 18.3 Å². The lowest BCUT2D eigenvalue weighted by atomic mass is 10.2. The maximum atomic E-state index is 11.9. The third kappa shape index (κ3) is 5.17. The highest BCUT2D eigenvalue weighted by atomic mass is 19.4. The first-order valence-electron chi connectivity index (χ1n) is 5.99. The summed E-state index contributed by atoms with van der Waals surface area (Å²) in [6.45, 7) is -1.13. The third-order valence-corrected chi connectivity index (χ3v) is 2.44. The molecule has 1 aromatic heterocycles. The molecule has 0 unspecified atom stereocenters. The number of rotatable bonds is 4. The molecule has 5 nitrogen and oxygen atoms in total. The number of alkyl halides is 3. The van der Waals surface area contributed by atoms with Crippen molar-refractivity contribution in [2.75, 3.05) is 11.9 Å². The van der Waals surface area contributed by atoms with E-state index in [1.54, 1.807) is 41.3 Å². The standard InChI is InChI=1S/C13H12F3N3O2/c14-13(15,16)9-21-12(20)18-11-4-1-3-10(7-11)8-19-6-2-5-17-19/h1-7H,8-9H2,(H,18,20). The minimum Gasteiger partial charge on any atom is -0.440 e. The molecule has 0 saturated heterocycles. The Morgan fingerprint density at radius 2 is 2.14 bits per heavy atom. The smallest absolute Gasteiger partial charge is 0.422 e. The van der Waals surface area contributed by atoms with Gasteiger partial charge in [0.15, 0.2) is 6.61 Å². The van der Waals surface area contributed by atoms with Crippen molar-refractivity contribution in [2.45, 2.75) is 12.7 Å². The number of anilines is 1. The predicted molar refractivity (Wildman–Crippen MR) is 68.8 cm³/mol. The molecule has 2 aromatic rings. The molecule has 0 bridgehead atoms. The average molecular weight is 299 g/mol. The van der Waals surface area contributed by atoms with Crippen molar-refractivity contribution in [1.29, 1.82) is 0 Å². The number of amides is 1. The van der Waals surface area contributed by atoms with E-state index in [0.29, 0.717) is 12.2 Å². The zero-order chi connectivity index (χ0) is 15.3. The number of hydrogen-bond acceptors (Lipinski definition) is 3. The van der Waals surface area contributed by atoms with Crippen LogP contribution in [0.1, 0.15) is 5.56 Å². The monoisotopic (exact) mass is 299 g/mol. The first-order valence-corrected chi connectivity index (χ1v) is 5.99. The maximum Gasteiger partial charge on any atom is 0.422 e. The molecule has 0 radical (unpaired) electrons. The fourth-order valence-electron chi connectivity index (χ4n) is 1.63. The van der Waals surface area contributed by atoms with Gasteiger partial charge in [0.25, 0.3) is 0 Å². The summed E-state index contributed by atoms with van der Waals surface area (Å²) in [6, 6.07) is 8.46. The Morgan fingerprint density at radius 1 is 1.33 bits per heavy atom. The summed E-state index contributed by atoms with van der Waals surface area (Å²) in [7, 11) is 0. The Bertz CT molecular complexity index is 597. The first-order chi connectivity index (χ1) is 9.92. The molecule has 0 fully saturated rings. The van der Waals surface area contributed by atoms with Gasteiger partial charge in [-0.3, -0.25) is 10.00 Å². The van der Waals surface area contributed by atoms with Crippen LogP contribution in [0.15, 0.2) is 42.7 Å². The van der Waals surface area contributed by atoms with Crippen molar-refractivity contribution in [2.24, 2.45) is 0 Å². The quantitative estimate of drug-likeness (QED) is 0.944. The zero-order valence-corrected chi connectivity index (χ0v) is 10.8. The van der Waals surface area contributed by atoms with Crippen LogP contribution in [0, 0.1) is 0 Å². The number of benzene rings is 1. The molecule has 1 amide bonds. The van der Waals surface area contributed by atoms with Crippen LogP contribution in [0.25, 0.3) is 0 Å². The van der Waals surface area contributed by atoms with Crippen LogP contribution in [0.3, 0.4) is 0 Å². The number of nitrogens with one attached hydrogen (secondary N) is 1. The minimum absolute atomic E-state index is 0.354. The molecule has 0 saturated carbocycles. The normalized spacial score (nSPS) is 11.2. The summed E-state index contributed by atoms with van der Waals surface area (Å²) in [4.78, 5) is 11.2. The van der Waals surface area contributed by atoms with Crippen molar-refractivity contribution >= 4 is 11.8 Å². The SMILES string of the molecule is O=C(Nc1cccc(Cn2cccn2)c1)OCC(F)(F)F. The van der Waals surface area contributed by atoms with Crippen LogP contribution in [0.5, 0.6) is 0 Å². The van der Waals surface area contributed by atoms with Crippen LogP contribution < -0.4 is 5.32 Å². The van der Waals surface area contributed by atoms with Crippen LogP contribution in [-0.4, -0.2) is 28.7 Å². The van der Waals surface area contributed by atoms with Crippen molar-refractivity contribution in [3.63, 3.8) is 0 Å². The minimum atomic E-state index is -4.54. The number of nitrogens with zero attached hydrogens (tertiary/aromatic N) is 2. The molecule has 8 heteroatoms. The highest BCUT2D eigenvalue weighted by Crippen LogP contribution is 2.16. The lowest BCUT2D eigenvalue weighted by molar-refractivity contribution is -0.159. The Hall–Kier alpha value is -2.51. The number of hydrogen-bond donors (Lipinski definition) is 1. The van der Waals surface area contributed by atoms with Gasteiger partial charge in [0.05, 0.1) is 6.54 Å². The molecule has 21 heavy (non-hydrogen) atoms. The molecule has 0 aliphatic heterocycles.